The lowest BCUT2D eigenvalue weighted by atomic mass is 10.1. The van der Waals surface area contributed by atoms with E-state index in [1.165, 1.54) is 17.1 Å². The largest absolute Gasteiger partial charge is 0.486 e. The Hall–Kier alpha value is -2.52. The van der Waals surface area contributed by atoms with Crippen LogP contribution in [0.2, 0.25) is 0 Å². The van der Waals surface area contributed by atoms with Gasteiger partial charge in [0.1, 0.15) is 12.4 Å². The maximum absolute atomic E-state index is 8.61. The fraction of sp³-hybridized carbons (Fsp3) is 0.188. The molecule has 2 aromatic carbocycles. The van der Waals surface area contributed by atoms with E-state index in [0.29, 0.717) is 12.4 Å². The number of rotatable bonds is 5. The fourth-order valence-corrected chi connectivity index (χ4v) is 2.69. The van der Waals surface area contributed by atoms with E-state index in [9.17, 15) is 0 Å². The molecule has 1 heterocycles. The minimum absolute atomic E-state index is 0.342. The molecular weight excluding hydrogens is 296 g/mol. The lowest BCUT2D eigenvalue weighted by Crippen LogP contribution is -2.04. The van der Waals surface area contributed by atoms with Gasteiger partial charge in [-0.15, -0.1) is 10.2 Å². The summed E-state index contributed by atoms with van der Waals surface area (Å²) in [5.41, 5.74) is 0. The zero-order valence-electron chi connectivity index (χ0n) is 12.1. The van der Waals surface area contributed by atoms with Gasteiger partial charge in [0.2, 0.25) is 0 Å². The van der Waals surface area contributed by atoms with E-state index in [4.69, 9.17) is 10.00 Å². The summed E-state index contributed by atoms with van der Waals surface area (Å²) in [6.45, 7) is 0.342. The SMILES string of the molecule is Cn1c(COc2ccc3ccccc3c2)nnc1SCC#N. The minimum Gasteiger partial charge on any atom is -0.486 e. The zero-order chi connectivity index (χ0) is 15.4. The number of hydrogen-bond acceptors (Lipinski definition) is 5. The van der Waals surface area contributed by atoms with Crippen molar-refractivity contribution < 1.29 is 4.74 Å². The van der Waals surface area contributed by atoms with Gasteiger partial charge < -0.3 is 9.30 Å². The molecule has 0 unspecified atom stereocenters. The summed E-state index contributed by atoms with van der Waals surface area (Å²) in [6.07, 6.45) is 0. The first-order chi connectivity index (χ1) is 10.8. The zero-order valence-corrected chi connectivity index (χ0v) is 12.9. The Kier molecular flexibility index (Phi) is 4.26. The van der Waals surface area contributed by atoms with Crippen molar-refractivity contribution in [3.05, 3.63) is 48.3 Å². The number of nitriles is 1. The van der Waals surface area contributed by atoms with Crippen LogP contribution in [-0.2, 0) is 13.7 Å². The number of aromatic nitrogens is 3. The average molecular weight is 310 g/mol. The molecule has 0 radical (unpaired) electrons. The summed E-state index contributed by atoms with van der Waals surface area (Å²) in [6, 6.07) is 16.2. The number of benzene rings is 2. The molecule has 0 atom stereocenters. The van der Waals surface area contributed by atoms with Crippen LogP contribution in [0.5, 0.6) is 5.75 Å². The molecule has 0 aliphatic heterocycles. The van der Waals surface area contributed by atoms with Crippen LogP contribution in [0.25, 0.3) is 10.8 Å². The van der Waals surface area contributed by atoms with Crippen molar-refractivity contribution in [3.63, 3.8) is 0 Å². The first-order valence-corrected chi connectivity index (χ1v) is 7.76. The molecule has 0 bridgehead atoms. The summed E-state index contributed by atoms with van der Waals surface area (Å²) < 4.78 is 7.65. The summed E-state index contributed by atoms with van der Waals surface area (Å²) in [5.74, 6) is 1.89. The second-order valence-corrected chi connectivity index (χ2v) is 5.64. The van der Waals surface area contributed by atoms with E-state index in [1.807, 2.05) is 41.9 Å². The summed E-state index contributed by atoms with van der Waals surface area (Å²) in [5, 5.41) is 19.8. The van der Waals surface area contributed by atoms with Crippen molar-refractivity contribution in [1.82, 2.24) is 14.8 Å². The van der Waals surface area contributed by atoms with Gasteiger partial charge in [-0.3, -0.25) is 0 Å². The Morgan fingerprint density at radius 2 is 2.00 bits per heavy atom. The second-order valence-electron chi connectivity index (χ2n) is 4.70. The van der Waals surface area contributed by atoms with Crippen molar-refractivity contribution >= 4 is 22.5 Å². The first kappa shape index (κ1) is 14.4. The summed E-state index contributed by atoms with van der Waals surface area (Å²) in [7, 11) is 1.87. The van der Waals surface area contributed by atoms with Crippen molar-refractivity contribution in [2.24, 2.45) is 7.05 Å². The topological polar surface area (TPSA) is 63.7 Å². The predicted molar refractivity (Wildman–Crippen MR) is 85.6 cm³/mol. The van der Waals surface area contributed by atoms with E-state index >= 15 is 0 Å². The maximum atomic E-state index is 8.61. The molecule has 0 saturated carbocycles. The molecule has 3 aromatic rings. The number of fused-ring (bicyclic) bond motifs is 1. The molecule has 0 fully saturated rings. The molecule has 5 nitrogen and oxygen atoms in total. The minimum atomic E-state index is 0.342. The molecule has 1 aromatic heterocycles. The highest BCUT2D eigenvalue weighted by Crippen LogP contribution is 2.22. The van der Waals surface area contributed by atoms with Crippen LogP contribution < -0.4 is 4.74 Å². The van der Waals surface area contributed by atoms with E-state index in [-0.39, 0.29) is 0 Å². The van der Waals surface area contributed by atoms with Crippen LogP contribution in [0.4, 0.5) is 0 Å². The normalized spacial score (nSPS) is 10.5. The highest BCUT2D eigenvalue weighted by Gasteiger charge is 2.09. The smallest absolute Gasteiger partial charge is 0.192 e. The van der Waals surface area contributed by atoms with E-state index in [0.717, 1.165) is 22.1 Å². The van der Waals surface area contributed by atoms with Crippen LogP contribution in [0, 0.1) is 11.3 Å². The van der Waals surface area contributed by atoms with Crippen LogP contribution >= 0.6 is 11.8 Å². The molecule has 22 heavy (non-hydrogen) atoms. The van der Waals surface area contributed by atoms with Gasteiger partial charge in [0.15, 0.2) is 11.0 Å². The third-order valence-corrected chi connectivity index (χ3v) is 4.17. The molecule has 0 aliphatic carbocycles. The van der Waals surface area contributed by atoms with Crippen LogP contribution in [0.15, 0.2) is 47.6 Å². The molecule has 110 valence electrons. The van der Waals surface area contributed by atoms with Crippen molar-refractivity contribution in [2.75, 3.05) is 5.75 Å². The molecule has 0 spiro atoms. The standard InChI is InChI=1S/C16H14N4OS/c1-20-15(18-19-16(20)22-9-8-17)11-21-14-7-6-12-4-2-3-5-13(12)10-14/h2-7,10H,9,11H2,1H3. The van der Waals surface area contributed by atoms with Gasteiger partial charge in [-0.25, -0.2) is 0 Å². The van der Waals surface area contributed by atoms with Crippen molar-refractivity contribution in [1.29, 1.82) is 5.26 Å². The third kappa shape index (κ3) is 3.05. The molecule has 0 N–H and O–H groups in total. The fourth-order valence-electron chi connectivity index (χ4n) is 2.10. The highest BCUT2D eigenvalue weighted by molar-refractivity contribution is 7.99. The average Bonchev–Trinajstić information content (AvgIpc) is 2.91. The Balaban J connectivity index is 1.71. The molecule has 0 saturated heterocycles. The van der Waals surface area contributed by atoms with Crippen LogP contribution in [0.1, 0.15) is 5.82 Å². The van der Waals surface area contributed by atoms with Gasteiger partial charge >= 0.3 is 0 Å². The summed E-state index contributed by atoms with van der Waals surface area (Å²) >= 11 is 1.36. The number of hydrogen-bond donors (Lipinski definition) is 0. The first-order valence-electron chi connectivity index (χ1n) is 6.77. The van der Waals surface area contributed by atoms with Crippen LogP contribution in [-0.4, -0.2) is 20.5 Å². The predicted octanol–water partition coefficient (Wildman–Crippen LogP) is 3.16. The maximum Gasteiger partial charge on any atom is 0.192 e. The molecule has 0 amide bonds. The van der Waals surface area contributed by atoms with Gasteiger partial charge in [0.05, 0.1) is 11.8 Å². The van der Waals surface area contributed by atoms with E-state index < -0.39 is 0 Å². The quantitative estimate of drug-likeness (QED) is 0.677. The lowest BCUT2D eigenvalue weighted by molar-refractivity contribution is 0.291. The van der Waals surface area contributed by atoms with Crippen LogP contribution in [0.3, 0.4) is 0 Å². The Labute approximate surface area is 132 Å². The lowest BCUT2D eigenvalue weighted by Gasteiger charge is -2.07. The number of ether oxygens (including phenoxy) is 1. The van der Waals surface area contributed by atoms with Gasteiger partial charge in [0, 0.05) is 7.05 Å². The Morgan fingerprint density at radius 3 is 2.82 bits per heavy atom. The third-order valence-electron chi connectivity index (χ3n) is 3.28. The second kappa shape index (κ2) is 6.50. The number of thioether (sulfide) groups is 1. The van der Waals surface area contributed by atoms with Gasteiger partial charge in [0.25, 0.3) is 0 Å². The monoisotopic (exact) mass is 310 g/mol. The van der Waals surface area contributed by atoms with Gasteiger partial charge in [-0.2, -0.15) is 5.26 Å². The van der Waals surface area contributed by atoms with Gasteiger partial charge in [-0.05, 0) is 22.9 Å². The Morgan fingerprint density at radius 1 is 1.18 bits per heavy atom. The number of nitrogens with zero attached hydrogens (tertiary/aromatic N) is 4. The van der Waals surface area contributed by atoms with Crippen molar-refractivity contribution in [3.8, 4) is 11.8 Å². The van der Waals surface area contributed by atoms with E-state index in [2.05, 4.69) is 28.4 Å². The molecule has 0 aliphatic rings. The van der Waals surface area contributed by atoms with Gasteiger partial charge in [-0.1, -0.05) is 42.1 Å². The Bertz CT molecular complexity index is 838. The molecule has 6 heteroatoms. The molecular formula is C16H14N4OS. The summed E-state index contributed by atoms with van der Waals surface area (Å²) in [4.78, 5) is 0. The highest BCUT2D eigenvalue weighted by atomic mass is 32.2. The van der Waals surface area contributed by atoms with E-state index in [1.54, 1.807) is 0 Å². The van der Waals surface area contributed by atoms with Crippen molar-refractivity contribution in [2.45, 2.75) is 11.8 Å². The molecule has 3 rings (SSSR count).